The summed E-state index contributed by atoms with van der Waals surface area (Å²) in [6.07, 6.45) is 0.705. The number of aromatic carboxylic acids is 1. The summed E-state index contributed by atoms with van der Waals surface area (Å²) >= 11 is 0. The summed E-state index contributed by atoms with van der Waals surface area (Å²) in [5, 5.41) is 12.7. The number of carboxylic acids is 1. The number of ether oxygens (including phenoxy) is 1. The van der Waals surface area contributed by atoms with Crippen LogP contribution in [-0.2, 0) is 16.6 Å². The third kappa shape index (κ3) is 10.6. The molecule has 14 heteroatoms. The van der Waals surface area contributed by atoms with E-state index in [2.05, 4.69) is 45.8 Å². The first-order valence-electron chi connectivity index (χ1n) is 14.0. The second-order valence-electron chi connectivity index (χ2n) is 11.7. The number of anilines is 1. The predicted octanol–water partition coefficient (Wildman–Crippen LogP) is 6.61. The smallest absolute Gasteiger partial charge is 0.335 e. The number of rotatable bonds is 12. The molecule has 3 N–H and O–H groups in total. The third-order valence-electron chi connectivity index (χ3n) is 6.69. The van der Waals surface area contributed by atoms with Crippen molar-refractivity contribution in [3.8, 4) is 17.1 Å². The Labute approximate surface area is 281 Å². The van der Waals surface area contributed by atoms with Gasteiger partial charge in [-0.3, -0.25) is 0 Å². The predicted molar refractivity (Wildman–Crippen MR) is 180 cm³/mol. The van der Waals surface area contributed by atoms with Crippen LogP contribution in [0.2, 0.25) is 0 Å². The molecule has 4 aromatic rings. The van der Waals surface area contributed by atoms with E-state index in [-0.39, 0.29) is 65.2 Å². The summed E-state index contributed by atoms with van der Waals surface area (Å²) in [6, 6.07) is 16.9. The molecule has 0 aliphatic heterocycles. The molecular formula is C32H38Cl2FN5O5S. The highest BCUT2D eigenvalue weighted by molar-refractivity contribution is 7.92. The largest absolute Gasteiger partial charge is 0.478 e. The van der Waals surface area contributed by atoms with Gasteiger partial charge in [-0.15, -0.1) is 24.8 Å². The van der Waals surface area contributed by atoms with Crippen LogP contribution in [0.4, 0.5) is 10.3 Å². The standard InChI is InChI=1S/C32H36FN5O5S.2ClH/c1-20-9-6-10-21(2)29(20)26-16-28(37-31(36-26)38-44(41,42)25-13-7-11-22(15-25)30(39)40)43-19-24(17-32(3,4)5)34-18-23-12-8-14-27(33)35-23;;/h6-16,24,34H,17-19H2,1-5H3,(H,39,40)(H,36,37,38);2*1H/t24-;;/m1../s1. The molecule has 0 aliphatic carbocycles. The molecule has 46 heavy (non-hydrogen) atoms. The van der Waals surface area contributed by atoms with Crippen molar-refractivity contribution in [1.82, 2.24) is 20.3 Å². The average molecular weight is 695 g/mol. The van der Waals surface area contributed by atoms with Crippen LogP contribution >= 0.6 is 24.8 Å². The number of aryl methyl sites for hydroxylation is 2. The van der Waals surface area contributed by atoms with Crippen molar-refractivity contribution in [3.63, 3.8) is 0 Å². The van der Waals surface area contributed by atoms with E-state index in [4.69, 9.17) is 4.74 Å². The van der Waals surface area contributed by atoms with Crippen molar-refractivity contribution in [2.75, 3.05) is 11.3 Å². The molecule has 0 amide bonds. The van der Waals surface area contributed by atoms with Crippen LogP contribution in [0.5, 0.6) is 5.88 Å². The Bertz CT molecular complexity index is 1750. The Hall–Kier alpha value is -3.84. The van der Waals surface area contributed by atoms with Gasteiger partial charge in [-0.1, -0.05) is 51.1 Å². The van der Waals surface area contributed by atoms with Gasteiger partial charge in [-0.25, -0.2) is 27.9 Å². The molecule has 248 valence electrons. The normalized spacial score (nSPS) is 12.0. The van der Waals surface area contributed by atoms with Crippen molar-refractivity contribution in [2.24, 2.45) is 5.41 Å². The van der Waals surface area contributed by atoms with Crippen molar-refractivity contribution >= 4 is 46.8 Å². The molecule has 2 aromatic carbocycles. The van der Waals surface area contributed by atoms with Crippen LogP contribution in [0.1, 0.15) is 54.4 Å². The summed E-state index contributed by atoms with van der Waals surface area (Å²) in [5.74, 6) is -1.90. The third-order valence-corrected chi connectivity index (χ3v) is 8.02. The quantitative estimate of drug-likeness (QED) is 0.140. The molecule has 0 saturated heterocycles. The van der Waals surface area contributed by atoms with Gasteiger partial charge in [0, 0.05) is 24.2 Å². The Balaban J connectivity index is 0.00000368. The van der Waals surface area contributed by atoms with Crippen LogP contribution in [-0.4, -0.2) is 47.1 Å². The van der Waals surface area contributed by atoms with E-state index in [0.29, 0.717) is 24.4 Å². The number of sulfonamides is 1. The summed E-state index contributed by atoms with van der Waals surface area (Å²) in [7, 11) is -4.25. The average Bonchev–Trinajstić information content (AvgIpc) is 2.93. The van der Waals surface area contributed by atoms with E-state index in [1.54, 1.807) is 18.2 Å². The Morgan fingerprint density at radius 2 is 1.61 bits per heavy atom. The van der Waals surface area contributed by atoms with Gasteiger partial charge in [-0.2, -0.15) is 9.37 Å². The van der Waals surface area contributed by atoms with Crippen molar-refractivity contribution in [3.05, 3.63) is 95.1 Å². The maximum Gasteiger partial charge on any atom is 0.335 e. The Morgan fingerprint density at radius 1 is 0.957 bits per heavy atom. The molecule has 0 aliphatic rings. The van der Waals surface area contributed by atoms with Gasteiger partial charge in [-0.05, 0) is 67.1 Å². The minimum Gasteiger partial charge on any atom is -0.478 e. The molecule has 4 rings (SSSR count). The number of benzene rings is 2. The van der Waals surface area contributed by atoms with Crippen LogP contribution in [0.3, 0.4) is 0 Å². The van der Waals surface area contributed by atoms with Crippen molar-refractivity contribution < 1.29 is 27.4 Å². The van der Waals surface area contributed by atoms with Gasteiger partial charge in [0.05, 0.1) is 21.8 Å². The molecule has 10 nitrogen and oxygen atoms in total. The van der Waals surface area contributed by atoms with Gasteiger partial charge in [0.25, 0.3) is 10.0 Å². The van der Waals surface area contributed by atoms with E-state index in [9.17, 15) is 22.7 Å². The first-order valence-corrected chi connectivity index (χ1v) is 15.5. The Morgan fingerprint density at radius 3 is 2.24 bits per heavy atom. The zero-order valence-corrected chi connectivity index (χ0v) is 28.5. The number of pyridine rings is 1. The first kappa shape index (κ1) is 38.3. The van der Waals surface area contributed by atoms with Gasteiger partial charge >= 0.3 is 5.97 Å². The summed E-state index contributed by atoms with van der Waals surface area (Å²) in [5.41, 5.74) is 3.40. The number of halogens is 3. The number of hydrogen-bond donors (Lipinski definition) is 3. The highest BCUT2D eigenvalue weighted by Gasteiger charge is 2.22. The van der Waals surface area contributed by atoms with E-state index < -0.39 is 21.9 Å². The SMILES string of the molecule is Cc1cccc(C)c1-c1cc(OC[C@@H](CC(C)(C)C)NCc2cccc(F)n2)nc(NS(=O)(=O)c2cccc(C(=O)O)c2)n1.Cl.Cl. The topological polar surface area (TPSA) is 143 Å². The van der Waals surface area contributed by atoms with Crippen LogP contribution in [0, 0.1) is 25.2 Å². The molecule has 0 unspecified atom stereocenters. The second-order valence-corrected chi connectivity index (χ2v) is 13.4. The molecule has 0 spiro atoms. The lowest BCUT2D eigenvalue weighted by Gasteiger charge is -2.27. The van der Waals surface area contributed by atoms with Crippen molar-refractivity contribution in [2.45, 2.75) is 58.5 Å². The van der Waals surface area contributed by atoms with Gasteiger partial charge < -0.3 is 15.2 Å². The maximum atomic E-state index is 13.6. The zero-order valence-electron chi connectivity index (χ0n) is 26.1. The van der Waals surface area contributed by atoms with Crippen molar-refractivity contribution in [1.29, 1.82) is 0 Å². The fourth-order valence-electron chi connectivity index (χ4n) is 4.78. The highest BCUT2D eigenvalue weighted by Crippen LogP contribution is 2.30. The molecule has 2 aromatic heterocycles. The summed E-state index contributed by atoms with van der Waals surface area (Å²) < 4.78 is 48.7. The van der Waals surface area contributed by atoms with E-state index in [1.165, 1.54) is 24.3 Å². The number of carbonyl (C=O) groups is 1. The van der Waals surface area contributed by atoms with Crippen LogP contribution in [0.15, 0.2) is 71.6 Å². The number of hydrogen-bond acceptors (Lipinski definition) is 8. The lowest BCUT2D eigenvalue weighted by Crippen LogP contribution is -2.37. The molecule has 2 heterocycles. The second kappa shape index (κ2) is 16.1. The van der Waals surface area contributed by atoms with E-state index in [0.717, 1.165) is 22.8 Å². The summed E-state index contributed by atoms with van der Waals surface area (Å²) in [4.78, 5) is 24.0. The lowest BCUT2D eigenvalue weighted by molar-refractivity contribution is 0.0696. The molecule has 0 saturated carbocycles. The fourth-order valence-corrected chi connectivity index (χ4v) is 5.77. The van der Waals surface area contributed by atoms with Gasteiger partial charge in [0.2, 0.25) is 17.8 Å². The van der Waals surface area contributed by atoms with Gasteiger partial charge in [0.1, 0.15) is 6.61 Å². The first-order chi connectivity index (χ1) is 20.7. The maximum absolute atomic E-state index is 13.6. The number of nitrogens with zero attached hydrogens (tertiary/aromatic N) is 3. The number of carboxylic acid groups (broad SMARTS) is 1. The minimum atomic E-state index is -4.25. The minimum absolute atomic E-state index is 0. The molecule has 0 bridgehead atoms. The van der Waals surface area contributed by atoms with E-state index in [1.807, 2.05) is 32.0 Å². The van der Waals surface area contributed by atoms with Gasteiger partial charge in [0.15, 0.2) is 0 Å². The van der Waals surface area contributed by atoms with Crippen LogP contribution < -0.4 is 14.8 Å². The Kier molecular flexibility index (Phi) is 13.4. The monoisotopic (exact) mass is 693 g/mol. The molecule has 1 atom stereocenters. The number of nitrogens with one attached hydrogen (secondary N) is 2. The number of aromatic nitrogens is 3. The zero-order chi connectivity index (χ0) is 32.1. The molecular weight excluding hydrogens is 656 g/mol. The highest BCUT2D eigenvalue weighted by atomic mass is 35.5. The summed E-state index contributed by atoms with van der Waals surface area (Å²) in [6.45, 7) is 10.6. The fraction of sp³-hybridized carbons (Fsp3) is 0.312. The van der Waals surface area contributed by atoms with Crippen LogP contribution in [0.25, 0.3) is 11.3 Å². The molecule has 0 fully saturated rings. The van der Waals surface area contributed by atoms with E-state index >= 15 is 0 Å². The lowest BCUT2D eigenvalue weighted by atomic mass is 9.88. The molecule has 0 radical (unpaired) electrons.